The minimum absolute atomic E-state index is 0.461. The van der Waals surface area contributed by atoms with Crippen LogP contribution in [0.4, 0.5) is 10.5 Å². The summed E-state index contributed by atoms with van der Waals surface area (Å²) in [6.45, 7) is 8.06. The number of urea groups is 1. The van der Waals surface area contributed by atoms with E-state index in [0.717, 1.165) is 30.1 Å². The second kappa shape index (κ2) is 9.07. The molecule has 2 aliphatic heterocycles. The lowest BCUT2D eigenvalue weighted by molar-refractivity contribution is -0.131. The summed E-state index contributed by atoms with van der Waals surface area (Å²) < 4.78 is 5.33. The molecule has 0 saturated carbocycles. The van der Waals surface area contributed by atoms with Gasteiger partial charge in [0.25, 0.3) is 5.91 Å². The molecule has 3 rings (SSSR count). The molecule has 8 heteroatoms. The van der Waals surface area contributed by atoms with Crippen molar-refractivity contribution in [3.8, 4) is 0 Å². The van der Waals surface area contributed by atoms with Gasteiger partial charge in [-0.15, -0.1) is 0 Å². The molecule has 150 valence electrons. The molecule has 1 atom stereocenters. The van der Waals surface area contributed by atoms with E-state index in [-0.39, 0.29) is 0 Å². The summed E-state index contributed by atoms with van der Waals surface area (Å²) in [5.41, 5.74) is 1.76. The quantitative estimate of drug-likeness (QED) is 0.589. The molecule has 0 aliphatic carbocycles. The third-order valence-electron chi connectivity index (χ3n) is 5.05. The van der Waals surface area contributed by atoms with E-state index in [1.807, 2.05) is 26.0 Å². The highest BCUT2D eigenvalue weighted by molar-refractivity contribution is 6.35. The van der Waals surface area contributed by atoms with Crippen LogP contribution in [0.2, 0.25) is 0 Å². The average Bonchev–Trinajstić information content (AvgIpc) is 2.68. The van der Waals surface area contributed by atoms with Crippen molar-refractivity contribution in [1.82, 2.24) is 10.2 Å². The van der Waals surface area contributed by atoms with Crippen molar-refractivity contribution in [3.63, 3.8) is 0 Å². The van der Waals surface area contributed by atoms with Gasteiger partial charge in [-0.3, -0.25) is 24.8 Å². The summed E-state index contributed by atoms with van der Waals surface area (Å²) in [5, 5.41) is 2.31. The number of morpholine rings is 1. The topological polar surface area (TPSA) is 91.3 Å². The molecule has 1 N–H and O–H groups in total. The summed E-state index contributed by atoms with van der Waals surface area (Å²) in [6, 6.07) is 6.38. The summed E-state index contributed by atoms with van der Waals surface area (Å²) in [5.74, 6) is -2.23. The highest BCUT2D eigenvalue weighted by Gasteiger charge is 2.43. The number of nitrogens with zero attached hydrogens (tertiary/aromatic N) is 3. The van der Waals surface area contributed by atoms with Crippen LogP contribution in [0, 0.1) is 12.8 Å². The van der Waals surface area contributed by atoms with E-state index < -0.39 is 23.8 Å². The molecule has 1 aromatic rings. The van der Waals surface area contributed by atoms with E-state index in [1.165, 1.54) is 0 Å². The predicted molar refractivity (Wildman–Crippen MR) is 106 cm³/mol. The molecule has 1 unspecified atom stereocenters. The fraction of sp³-hybridized carbons (Fsp3) is 0.500. The zero-order valence-corrected chi connectivity index (χ0v) is 16.3. The van der Waals surface area contributed by atoms with Crippen molar-refractivity contribution >= 4 is 29.2 Å². The van der Waals surface area contributed by atoms with Crippen LogP contribution in [-0.2, 0) is 14.3 Å². The number of imide groups is 2. The minimum atomic E-state index is -1.08. The van der Waals surface area contributed by atoms with Gasteiger partial charge in [-0.05, 0) is 25.0 Å². The molecule has 4 amide bonds. The molecular weight excluding hydrogens is 360 g/mol. The highest BCUT2D eigenvalue weighted by atomic mass is 16.5. The minimum Gasteiger partial charge on any atom is -0.379 e. The van der Waals surface area contributed by atoms with Gasteiger partial charge in [0.1, 0.15) is 0 Å². The molecule has 0 bridgehead atoms. The number of aryl methyl sites for hydroxylation is 1. The highest BCUT2D eigenvalue weighted by Crippen LogP contribution is 2.25. The van der Waals surface area contributed by atoms with E-state index in [1.54, 1.807) is 12.1 Å². The first-order chi connectivity index (χ1) is 13.5. The SMILES string of the molecule is CCC(=NCCN1CCOCC1)C1C(=O)NC(=O)N(c2ccccc2C)C1=O. The third-order valence-corrected chi connectivity index (χ3v) is 5.05. The lowest BCUT2D eigenvalue weighted by Crippen LogP contribution is -2.60. The number of hydrogen-bond donors (Lipinski definition) is 1. The number of anilines is 1. The number of aliphatic imine (C=N–C) groups is 1. The molecule has 0 spiro atoms. The van der Waals surface area contributed by atoms with Crippen molar-refractivity contribution in [3.05, 3.63) is 29.8 Å². The summed E-state index contributed by atoms with van der Waals surface area (Å²) in [7, 11) is 0. The average molecular weight is 386 g/mol. The number of rotatable bonds is 6. The first-order valence-electron chi connectivity index (χ1n) is 9.60. The number of ether oxygens (including phenoxy) is 1. The van der Waals surface area contributed by atoms with Crippen LogP contribution in [0.15, 0.2) is 29.3 Å². The van der Waals surface area contributed by atoms with E-state index in [4.69, 9.17) is 4.74 Å². The second-order valence-corrected chi connectivity index (χ2v) is 6.87. The molecule has 0 radical (unpaired) electrons. The van der Waals surface area contributed by atoms with Crippen molar-refractivity contribution in [1.29, 1.82) is 0 Å². The molecular formula is C20H26N4O4. The van der Waals surface area contributed by atoms with Gasteiger partial charge >= 0.3 is 6.03 Å². The lowest BCUT2D eigenvalue weighted by atomic mass is 9.95. The Bertz CT molecular complexity index is 786. The Morgan fingerprint density at radius 3 is 2.61 bits per heavy atom. The molecule has 0 aromatic heterocycles. The Kier molecular flexibility index (Phi) is 6.53. The fourth-order valence-corrected chi connectivity index (χ4v) is 3.48. The van der Waals surface area contributed by atoms with Crippen LogP contribution in [0.25, 0.3) is 0 Å². The zero-order valence-electron chi connectivity index (χ0n) is 16.3. The number of hydrogen-bond acceptors (Lipinski definition) is 6. The largest absolute Gasteiger partial charge is 0.379 e. The van der Waals surface area contributed by atoms with Gasteiger partial charge in [0, 0.05) is 25.3 Å². The molecule has 1 aromatic carbocycles. The lowest BCUT2D eigenvalue weighted by Gasteiger charge is -2.31. The number of nitrogens with one attached hydrogen (secondary N) is 1. The smallest absolute Gasteiger partial charge is 0.335 e. The number of para-hydroxylation sites is 1. The van der Waals surface area contributed by atoms with Crippen LogP contribution in [0.5, 0.6) is 0 Å². The number of carbonyl (C=O) groups is 3. The van der Waals surface area contributed by atoms with Crippen molar-refractivity contribution in [2.45, 2.75) is 20.3 Å². The standard InChI is InChI=1S/C20H26N4O4/c1-3-15(21-8-9-23-10-12-28-13-11-23)17-18(25)22-20(27)24(19(17)26)16-7-5-4-6-14(16)2/h4-7,17H,3,8-13H2,1-2H3,(H,22,25,27). The van der Waals surface area contributed by atoms with Crippen LogP contribution in [0.3, 0.4) is 0 Å². The Balaban J connectivity index is 1.78. The van der Waals surface area contributed by atoms with Gasteiger partial charge in [0.05, 0.1) is 25.4 Å². The first kappa shape index (κ1) is 20.2. The zero-order chi connectivity index (χ0) is 20.1. The maximum absolute atomic E-state index is 13.1. The van der Waals surface area contributed by atoms with Crippen molar-refractivity contribution in [2.75, 3.05) is 44.3 Å². The maximum Gasteiger partial charge on any atom is 0.335 e. The Morgan fingerprint density at radius 2 is 1.93 bits per heavy atom. The van der Waals surface area contributed by atoms with Gasteiger partial charge in [0.2, 0.25) is 5.91 Å². The number of amides is 4. The van der Waals surface area contributed by atoms with Gasteiger partial charge in [-0.2, -0.15) is 0 Å². The predicted octanol–water partition coefficient (Wildman–Crippen LogP) is 1.38. The van der Waals surface area contributed by atoms with Crippen LogP contribution in [-0.4, -0.2) is 67.8 Å². The summed E-state index contributed by atoms with van der Waals surface area (Å²) >= 11 is 0. The van der Waals surface area contributed by atoms with E-state index in [0.29, 0.717) is 37.6 Å². The first-order valence-corrected chi connectivity index (χ1v) is 9.60. The Labute approximate surface area is 164 Å². The van der Waals surface area contributed by atoms with Gasteiger partial charge in [-0.25, -0.2) is 9.69 Å². The maximum atomic E-state index is 13.1. The number of carbonyl (C=O) groups excluding carboxylic acids is 3. The van der Waals surface area contributed by atoms with Gasteiger partial charge in [0.15, 0.2) is 5.92 Å². The van der Waals surface area contributed by atoms with Crippen LogP contribution in [0.1, 0.15) is 18.9 Å². The normalized spacial score (nSPS) is 21.8. The fourth-order valence-electron chi connectivity index (χ4n) is 3.48. The van der Waals surface area contributed by atoms with Crippen LogP contribution < -0.4 is 10.2 Å². The van der Waals surface area contributed by atoms with E-state index in [9.17, 15) is 14.4 Å². The molecule has 2 fully saturated rings. The third kappa shape index (κ3) is 4.28. The van der Waals surface area contributed by atoms with Crippen LogP contribution >= 0.6 is 0 Å². The van der Waals surface area contributed by atoms with E-state index in [2.05, 4.69) is 15.2 Å². The summed E-state index contributed by atoms with van der Waals surface area (Å²) in [6.07, 6.45) is 0.461. The molecule has 8 nitrogen and oxygen atoms in total. The van der Waals surface area contributed by atoms with Crippen molar-refractivity contribution < 1.29 is 19.1 Å². The van der Waals surface area contributed by atoms with Gasteiger partial charge in [-0.1, -0.05) is 25.1 Å². The second-order valence-electron chi connectivity index (χ2n) is 6.87. The summed E-state index contributed by atoms with van der Waals surface area (Å²) in [4.78, 5) is 45.8. The molecule has 2 heterocycles. The Morgan fingerprint density at radius 1 is 1.21 bits per heavy atom. The van der Waals surface area contributed by atoms with Gasteiger partial charge < -0.3 is 4.74 Å². The van der Waals surface area contributed by atoms with Crippen molar-refractivity contribution in [2.24, 2.45) is 10.9 Å². The monoisotopic (exact) mass is 386 g/mol. The molecule has 2 saturated heterocycles. The number of benzene rings is 1. The number of barbiturate groups is 1. The molecule has 28 heavy (non-hydrogen) atoms. The molecule has 2 aliphatic rings. The van der Waals surface area contributed by atoms with E-state index >= 15 is 0 Å². The Hall–Kier alpha value is -2.58.